The van der Waals surface area contributed by atoms with Crippen LogP contribution in [0.2, 0.25) is 0 Å². The normalized spacial score (nSPS) is 13.1. The molecule has 0 N–H and O–H groups in total. The molecule has 0 saturated heterocycles. The summed E-state index contributed by atoms with van der Waals surface area (Å²) in [5.74, 6) is 0. The molecule has 31 heavy (non-hydrogen) atoms. The van der Waals surface area contributed by atoms with Gasteiger partial charge in [-0.3, -0.25) is 0 Å². The molecule has 0 aliphatic heterocycles. The van der Waals surface area contributed by atoms with E-state index in [1.165, 1.54) is 72.8 Å². The first-order valence-corrected chi connectivity index (χ1v) is 17.2. The Morgan fingerprint density at radius 3 is 0.806 bits per heavy atom. The van der Waals surface area contributed by atoms with Crippen LogP contribution in [0, 0.1) is 20.8 Å². The van der Waals surface area contributed by atoms with Crippen LogP contribution in [0.5, 0.6) is 0 Å². The Morgan fingerprint density at radius 1 is 0.419 bits per heavy atom. The van der Waals surface area contributed by atoms with Crippen molar-refractivity contribution in [2.75, 3.05) is 0 Å². The molecule has 0 heterocycles. The van der Waals surface area contributed by atoms with Gasteiger partial charge in [0.25, 0.3) is 0 Å². The first-order valence-electron chi connectivity index (χ1n) is 9.01. The van der Waals surface area contributed by atoms with Crippen molar-refractivity contribution in [3.05, 3.63) is 89.5 Å². The molecule has 0 atom stereocenters. The van der Waals surface area contributed by atoms with Gasteiger partial charge in [0.1, 0.15) is 0 Å². The van der Waals surface area contributed by atoms with Crippen LogP contribution in [0.4, 0.5) is 0 Å². The van der Waals surface area contributed by atoms with Gasteiger partial charge in [0.05, 0.1) is 0 Å². The molecule has 0 saturated carbocycles. The molecule has 0 unspecified atom stereocenters. The quantitative estimate of drug-likeness (QED) is 0.459. The van der Waals surface area contributed by atoms with Crippen molar-refractivity contribution in [1.82, 2.24) is 0 Å². The third-order valence-electron chi connectivity index (χ3n) is 4.36. The Balaban J connectivity index is 2.32. The Bertz CT molecular complexity index is 1230. The van der Waals surface area contributed by atoms with Gasteiger partial charge >= 0.3 is 186 Å². The summed E-state index contributed by atoms with van der Waals surface area (Å²) in [4.78, 5) is -1.03. The van der Waals surface area contributed by atoms with E-state index in [0.29, 0.717) is 0 Å². The molecule has 167 valence electrons. The van der Waals surface area contributed by atoms with Gasteiger partial charge in [-0.2, -0.15) is 0 Å². The predicted octanol–water partition coefficient (Wildman–Crippen LogP) is 3.70. The van der Waals surface area contributed by atoms with Gasteiger partial charge in [0.15, 0.2) is 0 Å². The van der Waals surface area contributed by atoms with E-state index in [0.717, 1.165) is 16.7 Å². The molecule has 0 fully saturated rings. The summed E-state index contributed by atoms with van der Waals surface area (Å²) >= 11 is 0. The van der Waals surface area contributed by atoms with Crippen LogP contribution in [0.1, 0.15) is 16.7 Å². The molecule has 0 aromatic heterocycles. The second-order valence-corrected chi connectivity index (χ2v) is 22.6. The van der Waals surface area contributed by atoms with Gasteiger partial charge < -0.3 is 0 Å². The Labute approximate surface area is 184 Å². The zero-order valence-corrected chi connectivity index (χ0v) is 20.5. The van der Waals surface area contributed by atoms with Gasteiger partial charge in [-0.05, 0) is 0 Å². The molecule has 0 aliphatic rings. The van der Waals surface area contributed by atoms with Gasteiger partial charge in [-0.25, -0.2) is 0 Å². The Hall–Kier alpha value is -1.97. The van der Waals surface area contributed by atoms with Crippen molar-refractivity contribution in [2.45, 2.75) is 35.5 Å². The third-order valence-corrected chi connectivity index (χ3v) is 26.0. The van der Waals surface area contributed by atoms with Gasteiger partial charge in [0, 0.05) is 0 Å². The maximum absolute atomic E-state index is 13.5. The van der Waals surface area contributed by atoms with Crippen molar-refractivity contribution in [2.24, 2.45) is 0 Å². The number of benzene rings is 3. The molecule has 0 spiro atoms. The summed E-state index contributed by atoms with van der Waals surface area (Å²) in [5, 5.41) is 0. The van der Waals surface area contributed by atoms with Crippen molar-refractivity contribution >= 4 is 24.8 Å². The molecule has 3 rings (SSSR count). The topological polar surface area (TPSA) is 102 Å². The molecule has 0 aliphatic carbocycles. The summed E-state index contributed by atoms with van der Waals surface area (Å²) in [6.07, 6.45) is 0. The van der Waals surface area contributed by atoms with E-state index in [-0.39, 0.29) is 14.7 Å². The van der Waals surface area contributed by atoms with E-state index in [1.807, 2.05) is 0 Å². The first kappa shape index (κ1) is 23.7. The predicted molar refractivity (Wildman–Crippen MR) is 115 cm³/mol. The fourth-order valence-corrected chi connectivity index (χ4v) is 23.8. The van der Waals surface area contributed by atoms with Crippen LogP contribution < -0.4 is 0 Å². The SMILES string of the molecule is Cc1ccc([S](=O)(=O)[Fe]([S](=O)(=O)c2ccc(C)cc2)[S](=O)(=O)c2ccc(C)cc2)cc1. The second kappa shape index (κ2) is 8.52. The maximum atomic E-state index is 13.5. The van der Waals surface area contributed by atoms with Crippen LogP contribution in [0.3, 0.4) is 0 Å². The minimum absolute atomic E-state index is 0.343. The zero-order valence-electron chi connectivity index (χ0n) is 17.0. The number of hydrogen-bond donors (Lipinski definition) is 0. The van der Waals surface area contributed by atoms with E-state index in [1.54, 1.807) is 20.8 Å². The summed E-state index contributed by atoms with van der Waals surface area (Å²) in [7, 11) is -18.1. The van der Waals surface area contributed by atoms with Crippen LogP contribution in [0.25, 0.3) is 0 Å². The van der Waals surface area contributed by atoms with E-state index >= 15 is 0 Å². The van der Waals surface area contributed by atoms with Crippen LogP contribution in [-0.4, -0.2) is 25.3 Å². The Kier molecular flexibility index (Phi) is 6.51. The summed E-state index contributed by atoms with van der Waals surface area (Å²) in [6.45, 7) is 5.23. The number of hydrogen-bond acceptors (Lipinski definition) is 6. The monoisotopic (exact) mass is 521 g/mol. The van der Waals surface area contributed by atoms with Crippen LogP contribution >= 0.6 is 0 Å². The minimum atomic E-state index is -4.74. The third kappa shape index (κ3) is 4.63. The van der Waals surface area contributed by atoms with Crippen molar-refractivity contribution in [3.63, 3.8) is 0 Å². The fourth-order valence-electron chi connectivity index (χ4n) is 2.60. The van der Waals surface area contributed by atoms with Gasteiger partial charge in [-0.1, -0.05) is 0 Å². The molecular formula is C21H21FeO6S3. The van der Waals surface area contributed by atoms with Crippen molar-refractivity contribution < 1.29 is 35.8 Å². The standard InChI is InChI=1S/3C7H7O2S.Fe/c3*1-6-2-4-7(5-3-6)10(8)9;/h3*2-5H,1H3;. The molecule has 0 radical (unpaired) electrons. The van der Waals surface area contributed by atoms with E-state index in [9.17, 15) is 25.3 Å². The second-order valence-electron chi connectivity index (χ2n) is 6.89. The molecular weight excluding hydrogens is 500 g/mol. The molecule has 3 aromatic carbocycles. The average Bonchev–Trinajstić information content (AvgIpc) is 2.68. The van der Waals surface area contributed by atoms with Gasteiger partial charge in [-0.15, -0.1) is 0 Å². The number of aryl methyl sites for hydroxylation is 3. The molecule has 6 nitrogen and oxygen atoms in total. The summed E-state index contributed by atoms with van der Waals surface area (Å²) in [6, 6.07) is 16.4. The van der Waals surface area contributed by atoms with Crippen molar-refractivity contribution in [1.29, 1.82) is 0 Å². The molecule has 3 aromatic rings. The number of rotatable bonds is 6. The molecule has 0 amide bonds. The van der Waals surface area contributed by atoms with Crippen LogP contribution in [-0.2, 0) is 35.3 Å². The Morgan fingerprint density at radius 2 is 0.613 bits per heavy atom. The van der Waals surface area contributed by atoms with E-state index in [4.69, 9.17) is 0 Å². The van der Waals surface area contributed by atoms with Crippen molar-refractivity contribution in [3.8, 4) is 0 Å². The summed E-state index contributed by atoms with van der Waals surface area (Å²) < 4.78 is 81.0. The fraction of sp³-hybridized carbons (Fsp3) is 0.143. The van der Waals surface area contributed by atoms with E-state index in [2.05, 4.69) is 0 Å². The first-order chi connectivity index (χ1) is 14.4. The van der Waals surface area contributed by atoms with Crippen LogP contribution in [0.15, 0.2) is 87.5 Å². The van der Waals surface area contributed by atoms with Gasteiger partial charge in [0.2, 0.25) is 0 Å². The molecule has 10 heteroatoms. The zero-order chi connectivity index (χ0) is 23.0. The molecule has 0 bridgehead atoms. The average molecular weight is 521 g/mol. The van der Waals surface area contributed by atoms with E-state index < -0.39 is 35.3 Å². The summed E-state index contributed by atoms with van der Waals surface area (Å²) in [5.41, 5.74) is 2.27.